The van der Waals surface area contributed by atoms with Gasteiger partial charge in [0.2, 0.25) is 5.91 Å². The van der Waals surface area contributed by atoms with E-state index in [1.807, 2.05) is 0 Å². The molecule has 1 heterocycles. The summed E-state index contributed by atoms with van der Waals surface area (Å²) in [5.41, 5.74) is 2.54. The Labute approximate surface area is 140 Å². The number of carbonyl (C=O) groups is 1. The minimum Gasteiger partial charge on any atom is -0.379 e. The first-order valence-electron chi connectivity index (χ1n) is 8.68. The van der Waals surface area contributed by atoms with Gasteiger partial charge < -0.3 is 10.1 Å². The van der Waals surface area contributed by atoms with E-state index in [2.05, 4.69) is 55.3 Å². The predicted molar refractivity (Wildman–Crippen MR) is 93.6 cm³/mol. The molecule has 0 bridgehead atoms. The lowest BCUT2D eigenvalue weighted by molar-refractivity contribution is -0.121. The number of carbonyl (C=O) groups excluding carboxylic acids is 1. The molecule has 0 radical (unpaired) electrons. The minimum absolute atomic E-state index is 0.0256. The summed E-state index contributed by atoms with van der Waals surface area (Å²) in [6, 6.07) is 8.55. The minimum atomic E-state index is -0.0256. The van der Waals surface area contributed by atoms with Crippen molar-refractivity contribution in [2.24, 2.45) is 0 Å². The van der Waals surface area contributed by atoms with E-state index in [0.29, 0.717) is 13.0 Å². The second-order valence-corrected chi connectivity index (χ2v) is 6.86. The maximum atomic E-state index is 12.1. The van der Waals surface area contributed by atoms with E-state index in [4.69, 9.17) is 4.74 Å². The van der Waals surface area contributed by atoms with E-state index in [9.17, 15) is 4.79 Å². The molecule has 1 aromatic carbocycles. The Morgan fingerprint density at radius 3 is 2.39 bits per heavy atom. The molecule has 0 aromatic heterocycles. The van der Waals surface area contributed by atoms with Gasteiger partial charge in [0, 0.05) is 31.6 Å². The van der Waals surface area contributed by atoms with Crippen LogP contribution in [0.5, 0.6) is 0 Å². The molecule has 1 aromatic rings. The average Bonchev–Trinajstić information content (AvgIpc) is 2.59. The van der Waals surface area contributed by atoms with Gasteiger partial charge in [0.25, 0.3) is 0 Å². The second kappa shape index (κ2) is 8.46. The maximum absolute atomic E-state index is 12.1. The summed E-state index contributed by atoms with van der Waals surface area (Å²) in [7, 11) is 0. The third-order valence-corrected chi connectivity index (χ3v) is 4.66. The number of hydrogen-bond acceptors (Lipinski definition) is 3. The molecule has 1 N–H and O–H groups in total. The standard InChI is InChI=1S/C19H30N2O2/c1-4-16-5-7-17(8-6-16)9-10-18(22)20-15-19(2,3)21-11-13-23-14-12-21/h5-8H,4,9-15H2,1-3H3,(H,20,22). The van der Waals surface area contributed by atoms with Gasteiger partial charge in [-0.15, -0.1) is 0 Å². The van der Waals surface area contributed by atoms with Crippen LogP contribution in [0.2, 0.25) is 0 Å². The van der Waals surface area contributed by atoms with Gasteiger partial charge in [-0.3, -0.25) is 9.69 Å². The molecule has 0 aliphatic carbocycles. The Kier molecular flexibility index (Phi) is 6.60. The number of ether oxygens (including phenoxy) is 1. The summed E-state index contributed by atoms with van der Waals surface area (Å²) < 4.78 is 5.40. The van der Waals surface area contributed by atoms with Crippen LogP contribution < -0.4 is 5.32 Å². The van der Waals surface area contributed by atoms with E-state index >= 15 is 0 Å². The van der Waals surface area contributed by atoms with Gasteiger partial charge >= 0.3 is 0 Å². The van der Waals surface area contributed by atoms with Crippen LogP contribution in [0.3, 0.4) is 0 Å². The van der Waals surface area contributed by atoms with Crippen LogP contribution in [0.15, 0.2) is 24.3 Å². The summed E-state index contributed by atoms with van der Waals surface area (Å²) in [6.07, 6.45) is 2.40. The fourth-order valence-electron chi connectivity index (χ4n) is 2.88. The van der Waals surface area contributed by atoms with Crippen molar-refractivity contribution in [3.05, 3.63) is 35.4 Å². The van der Waals surface area contributed by atoms with Crippen molar-refractivity contribution in [3.63, 3.8) is 0 Å². The molecule has 1 fully saturated rings. The van der Waals surface area contributed by atoms with Crippen LogP contribution in [-0.2, 0) is 22.4 Å². The molecular formula is C19H30N2O2. The molecule has 4 heteroatoms. The van der Waals surface area contributed by atoms with Gasteiger partial charge in [-0.05, 0) is 37.8 Å². The first-order valence-corrected chi connectivity index (χ1v) is 8.68. The van der Waals surface area contributed by atoms with Crippen molar-refractivity contribution < 1.29 is 9.53 Å². The Bertz CT molecular complexity index is 491. The summed E-state index contributed by atoms with van der Waals surface area (Å²) in [6.45, 7) is 10.6. The molecule has 1 amide bonds. The van der Waals surface area contributed by atoms with E-state index in [-0.39, 0.29) is 11.4 Å². The first kappa shape index (κ1) is 18.0. The monoisotopic (exact) mass is 318 g/mol. The molecule has 0 saturated carbocycles. The number of morpholine rings is 1. The van der Waals surface area contributed by atoms with Crippen molar-refractivity contribution in [2.45, 2.75) is 45.6 Å². The van der Waals surface area contributed by atoms with Crippen LogP contribution in [0.4, 0.5) is 0 Å². The lowest BCUT2D eigenvalue weighted by Gasteiger charge is -2.40. The highest BCUT2D eigenvalue weighted by Gasteiger charge is 2.28. The Morgan fingerprint density at radius 1 is 1.17 bits per heavy atom. The highest BCUT2D eigenvalue weighted by Crippen LogP contribution is 2.15. The molecule has 0 atom stereocenters. The lowest BCUT2D eigenvalue weighted by Crippen LogP contribution is -2.55. The Balaban J connectivity index is 1.73. The van der Waals surface area contributed by atoms with Crippen molar-refractivity contribution >= 4 is 5.91 Å². The molecule has 23 heavy (non-hydrogen) atoms. The molecule has 0 unspecified atom stereocenters. The number of rotatable bonds is 7. The molecule has 1 aliphatic rings. The zero-order chi connectivity index (χ0) is 16.7. The van der Waals surface area contributed by atoms with Crippen molar-refractivity contribution in [3.8, 4) is 0 Å². The van der Waals surface area contributed by atoms with Crippen LogP contribution in [-0.4, -0.2) is 49.2 Å². The van der Waals surface area contributed by atoms with Crippen LogP contribution in [0.1, 0.15) is 38.3 Å². The largest absolute Gasteiger partial charge is 0.379 e. The summed E-state index contributed by atoms with van der Waals surface area (Å²) >= 11 is 0. The zero-order valence-corrected chi connectivity index (χ0v) is 14.7. The van der Waals surface area contributed by atoms with Crippen LogP contribution >= 0.6 is 0 Å². The second-order valence-electron chi connectivity index (χ2n) is 6.86. The number of aryl methyl sites for hydroxylation is 2. The molecule has 128 valence electrons. The Hall–Kier alpha value is -1.39. The third-order valence-electron chi connectivity index (χ3n) is 4.66. The molecular weight excluding hydrogens is 288 g/mol. The topological polar surface area (TPSA) is 41.6 Å². The third kappa shape index (κ3) is 5.63. The number of amides is 1. The van der Waals surface area contributed by atoms with Gasteiger partial charge in [0.1, 0.15) is 0 Å². The molecule has 4 nitrogen and oxygen atoms in total. The predicted octanol–water partition coefficient (Wildman–Crippen LogP) is 2.41. The van der Waals surface area contributed by atoms with E-state index in [1.165, 1.54) is 11.1 Å². The number of benzene rings is 1. The summed E-state index contributed by atoms with van der Waals surface area (Å²) in [4.78, 5) is 14.5. The van der Waals surface area contributed by atoms with Crippen LogP contribution in [0.25, 0.3) is 0 Å². The molecule has 0 spiro atoms. The van der Waals surface area contributed by atoms with E-state index in [0.717, 1.165) is 39.1 Å². The van der Waals surface area contributed by atoms with Crippen molar-refractivity contribution in [1.29, 1.82) is 0 Å². The number of nitrogens with zero attached hydrogens (tertiary/aromatic N) is 1. The Morgan fingerprint density at radius 2 is 1.78 bits per heavy atom. The first-order chi connectivity index (χ1) is 11.0. The highest BCUT2D eigenvalue weighted by molar-refractivity contribution is 5.76. The SMILES string of the molecule is CCc1ccc(CCC(=O)NCC(C)(C)N2CCOCC2)cc1. The van der Waals surface area contributed by atoms with Crippen molar-refractivity contribution in [2.75, 3.05) is 32.8 Å². The van der Waals surface area contributed by atoms with Gasteiger partial charge in [0.15, 0.2) is 0 Å². The zero-order valence-electron chi connectivity index (χ0n) is 14.7. The quantitative estimate of drug-likeness (QED) is 0.839. The maximum Gasteiger partial charge on any atom is 0.220 e. The van der Waals surface area contributed by atoms with Gasteiger partial charge in [0.05, 0.1) is 13.2 Å². The lowest BCUT2D eigenvalue weighted by atomic mass is 10.0. The number of nitrogens with one attached hydrogen (secondary N) is 1. The van der Waals surface area contributed by atoms with E-state index < -0.39 is 0 Å². The fourth-order valence-corrected chi connectivity index (χ4v) is 2.88. The smallest absolute Gasteiger partial charge is 0.220 e. The normalized spacial score (nSPS) is 16.3. The van der Waals surface area contributed by atoms with Gasteiger partial charge in [-0.25, -0.2) is 0 Å². The van der Waals surface area contributed by atoms with Gasteiger partial charge in [-0.2, -0.15) is 0 Å². The van der Waals surface area contributed by atoms with Gasteiger partial charge in [-0.1, -0.05) is 31.2 Å². The molecule has 1 saturated heterocycles. The molecule has 1 aliphatic heterocycles. The van der Waals surface area contributed by atoms with Crippen molar-refractivity contribution in [1.82, 2.24) is 10.2 Å². The van der Waals surface area contributed by atoms with E-state index in [1.54, 1.807) is 0 Å². The highest BCUT2D eigenvalue weighted by atomic mass is 16.5. The fraction of sp³-hybridized carbons (Fsp3) is 0.632. The summed E-state index contributed by atoms with van der Waals surface area (Å²) in [5.74, 6) is 0.130. The number of hydrogen-bond donors (Lipinski definition) is 1. The molecule has 2 rings (SSSR count). The van der Waals surface area contributed by atoms with Crippen LogP contribution in [0, 0.1) is 0 Å². The summed E-state index contributed by atoms with van der Waals surface area (Å²) in [5, 5.41) is 3.09. The average molecular weight is 318 g/mol.